The van der Waals surface area contributed by atoms with Gasteiger partial charge in [-0.1, -0.05) is 12.1 Å². The largest absolute Gasteiger partial charge is 0.385 e. The number of piperazine rings is 1. The average Bonchev–Trinajstić information content (AvgIpc) is 2.99. The number of nitrogens with zero attached hydrogens (tertiary/aromatic N) is 3. The predicted octanol–water partition coefficient (Wildman–Crippen LogP) is 3.76. The minimum Gasteiger partial charge on any atom is -0.385 e. The van der Waals surface area contributed by atoms with E-state index in [1.807, 2.05) is 0 Å². The molecule has 0 radical (unpaired) electrons. The SMILES string of the molecule is COCCCn1c(C)cc(C(=O)CN2CCN(c3cccc(C)c3C)CC2)c1C. The minimum atomic E-state index is 0.233. The molecule has 158 valence electrons. The molecule has 29 heavy (non-hydrogen) atoms. The van der Waals surface area contributed by atoms with E-state index in [0.717, 1.165) is 62.7 Å². The van der Waals surface area contributed by atoms with Crippen LogP contribution in [0.15, 0.2) is 24.3 Å². The van der Waals surface area contributed by atoms with E-state index in [-0.39, 0.29) is 5.78 Å². The number of hydrogen-bond acceptors (Lipinski definition) is 4. The van der Waals surface area contributed by atoms with Crippen molar-refractivity contribution in [3.05, 3.63) is 52.3 Å². The van der Waals surface area contributed by atoms with Gasteiger partial charge in [-0.3, -0.25) is 9.69 Å². The van der Waals surface area contributed by atoms with Gasteiger partial charge in [-0.2, -0.15) is 0 Å². The van der Waals surface area contributed by atoms with E-state index in [0.29, 0.717) is 6.54 Å². The summed E-state index contributed by atoms with van der Waals surface area (Å²) >= 11 is 0. The maximum absolute atomic E-state index is 13.0. The zero-order chi connectivity index (χ0) is 21.0. The summed E-state index contributed by atoms with van der Waals surface area (Å²) in [6.07, 6.45) is 0.959. The minimum absolute atomic E-state index is 0.233. The Bertz CT molecular complexity index is 848. The number of Topliss-reactive ketones (excluding diaryl/α,β-unsaturated/α-hetero) is 1. The third-order valence-corrected chi connectivity index (χ3v) is 6.26. The molecule has 3 rings (SSSR count). The third kappa shape index (κ3) is 4.90. The summed E-state index contributed by atoms with van der Waals surface area (Å²) in [5.41, 5.74) is 7.13. The molecule has 1 fully saturated rings. The number of aryl methyl sites for hydroxylation is 2. The molecule has 0 unspecified atom stereocenters. The Morgan fingerprint density at radius 2 is 1.79 bits per heavy atom. The highest BCUT2D eigenvalue weighted by Gasteiger charge is 2.23. The molecule has 0 amide bonds. The topological polar surface area (TPSA) is 37.7 Å². The fourth-order valence-corrected chi connectivity index (χ4v) is 4.31. The Morgan fingerprint density at radius 3 is 2.48 bits per heavy atom. The van der Waals surface area contributed by atoms with Crippen molar-refractivity contribution in [1.29, 1.82) is 0 Å². The van der Waals surface area contributed by atoms with Crippen molar-refractivity contribution < 1.29 is 9.53 Å². The first-order valence-corrected chi connectivity index (χ1v) is 10.6. The van der Waals surface area contributed by atoms with Gasteiger partial charge in [0.2, 0.25) is 0 Å². The Kier molecular flexibility index (Phi) is 7.14. The van der Waals surface area contributed by atoms with Gasteiger partial charge in [-0.15, -0.1) is 0 Å². The molecule has 0 atom stereocenters. The number of anilines is 1. The Balaban J connectivity index is 1.59. The first kappa shape index (κ1) is 21.6. The lowest BCUT2D eigenvalue weighted by atomic mass is 10.1. The van der Waals surface area contributed by atoms with Crippen LogP contribution in [0.25, 0.3) is 0 Å². The lowest BCUT2D eigenvalue weighted by Gasteiger charge is -2.36. The molecule has 1 aromatic heterocycles. The highest BCUT2D eigenvalue weighted by Crippen LogP contribution is 2.24. The third-order valence-electron chi connectivity index (χ3n) is 6.26. The molecule has 0 aliphatic carbocycles. The van der Waals surface area contributed by atoms with E-state index in [1.165, 1.54) is 16.8 Å². The first-order chi connectivity index (χ1) is 13.9. The summed E-state index contributed by atoms with van der Waals surface area (Å²) in [5, 5.41) is 0. The summed E-state index contributed by atoms with van der Waals surface area (Å²) in [6, 6.07) is 8.56. The van der Waals surface area contributed by atoms with E-state index >= 15 is 0 Å². The number of carbonyl (C=O) groups is 1. The number of ether oxygens (including phenoxy) is 1. The number of ketones is 1. The van der Waals surface area contributed by atoms with Gasteiger partial charge in [0.25, 0.3) is 0 Å². The summed E-state index contributed by atoms with van der Waals surface area (Å²) < 4.78 is 7.40. The van der Waals surface area contributed by atoms with Crippen LogP contribution in [0.4, 0.5) is 5.69 Å². The zero-order valence-corrected chi connectivity index (χ0v) is 18.6. The summed E-state index contributed by atoms with van der Waals surface area (Å²) in [5.74, 6) is 0.233. The van der Waals surface area contributed by atoms with E-state index in [4.69, 9.17) is 4.74 Å². The van der Waals surface area contributed by atoms with Crippen molar-refractivity contribution in [3.63, 3.8) is 0 Å². The second kappa shape index (κ2) is 9.59. The van der Waals surface area contributed by atoms with Crippen LogP contribution < -0.4 is 4.90 Å². The fraction of sp³-hybridized carbons (Fsp3) is 0.542. The molecule has 5 nitrogen and oxygen atoms in total. The summed E-state index contributed by atoms with van der Waals surface area (Å²) in [6.45, 7) is 14.4. The van der Waals surface area contributed by atoms with Gasteiger partial charge in [-0.05, 0) is 57.4 Å². The van der Waals surface area contributed by atoms with E-state index in [9.17, 15) is 4.79 Å². The van der Waals surface area contributed by atoms with Crippen molar-refractivity contribution in [3.8, 4) is 0 Å². The molecule has 0 N–H and O–H groups in total. The zero-order valence-electron chi connectivity index (χ0n) is 18.6. The van der Waals surface area contributed by atoms with Gasteiger partial charge in [0.05, 0.1) is 6.54 Å². The van der Waals surface area contributed by atoms with Crippen molar-refractivity contribution in [2.75, 3.05) is 51.3 Å². The quantitative estimate of drug-likeness (QED) is 0.502. The van der Waals surface area contributed by atoms with Crippen LogP contribution in [0.3, 0.4) is 0 Å². The Hall–Kier alpha value is -2.11. The predicted molar refractivity (Wildman–Crippen MR) is 119 cm³/mol. The number of methoxy groups -OCH3 is 1. The summed E-state index contributed by atoms with van der Waals surface area (Å²) in [7, 11) is 1.73. The maximum atomic E-state index is 13.0. The summed E-state index contributed by atoms with van der Waals surface area (Å²) in [4.78, 5) is 17.7. The monoisotopic (exact) mass is 397 g/mol. The second-order valence-corrected chi connectivity index (χ2v) is 8.19. The molecular weight excluding hydrogens is 362 g/mol. The van der Waals surface area contributed by atoms with Crippen molar-refractivity contribution in [1.82, 2.24) is 9.47 Å². The Morgan fingerprint density at radius 1 is 1.07 bits per heavy atom. The Labute approximate surface area is 175 Å². The molecule has 1 aliphatic rings. The van der Waals surface area contributed by atoms with Gasteiger partial charge in [0, 0.05) is 69.1 Å². The van der Waals surface area contributed by atoms with E-state index < -0.39 is 0 Å². The lowest BCUT2D eigenvalue weighted by Crippen LogP contribution is -2.48. The fourth-order valence-electron chi connectivity index (χ4n) is 4.31. The molecule has 0 bridgehead atoms. The first-order valence-electron chi connectivity index (χ1n) is 10.6. The highest BCUT2D eigenvalue weighted by molar-refractivity contribution is 5.99. The van der Waals surface area contributed by atoms with Crippen LogP contribution in [-0.4, -0.2) is 61.7 Å². The van der Waals surface area contributed by atoms with E-state index in [1.54, 1.807) is 7.11 Å². The van der Waals surface area contributed by atoms with Crippen LogP contribution in [0, 0.1) is 27.7 Å². The second-order valence-electron chi connectivity index (χ2n) is 8.19. The van der Waals surface area contributed by atoms with Gasteiger partial charge < -0.3 is 14.2 Å². The molecule has 1 aromatic carbocycles. The molecular formula is C24H35N3O2. The van der Waals surface area contributed by atoms with Crippen molar-refractivity contribution >= 4 is 11.5 Å². The number of hydrogen-bond donors (Lipinski definition) is 0. The van der Waals surface area contributed by atoms with Gasteiger partial charge in [0.15, 0.2) is 5.78 Å². The lowest BCUT2D eigenvalue weighted by molar-refractivity contribution is 0.0925. The molecule has 5 heteroatoms. The highest BCUT2D eigenvalue weighted by atomic mass is 16.5. The molecule has 0 saturated carbocycles. The maximum Gasteiger partial charge on any atom is 0.178 e. The van der Waals surface area contributed by atoms with Gasteiger partial charge in [0.1, 0.15) is 0 Å². The number of rotatable bonds is 8. The van der Waals surface area contributed by atoms with Gasteiger partial charge >= 0.3 is 0 Å². The average molecular weight is 398 g/mol. The number of aromatic nitrogens is 1. The molecule has 2 aromatic rings. The van der Waals surface area contributed by atoms with E-state index in [2.05, 4.69) is 66.3 Å². The van der Waals surface area contributed by atoms with Gasteiger partial charge in [-0.25, -0.2) is 0 Å². The molecule has 2 heterocycles. The molecule has 0 spiro atoms. The van der Waals surface area contributed by atoms with Crippen LogP contribution in [0.2, 0.25) is 0 Å². The van der Waals surface area contributed by atoms with Crippen molar-refractivity contribution in [2.24, 2.45) is 0 Å². The van der Waals surface area contributed by atoms with Crippen LogP contribution in [0.5, 0.6) is 0 Å². The van der Waals surface area contributed by atoms with Crippen molar-refractivity contribution in [2.45, 2.75) is 40.7 Å². The smallest absolute Gasteiger partial charge is 0.178 e. The normalized spacial score (nSPS) is 15.1. The van der Waals surface area contributed by atoms with Crippen LogP contribution in [-0.2, 0) is 11.3 Å². The molecule has 1 saturated heterocycles. The number of carbonyl (C=O) groups excluding carboxylic acids is 1. The van der Waals surface area contributed by atoms with Crippen LogP contribution in [0.1, 0.15) is 39.3 Å². The molecule has 1 aliphatic heterocycles. The van der Waals surface area contributed by atoms with Crippen LogP contribution >= 0.6 is 0 Å². The standard InChI is InChI=1S/C24H35N3O2/c1-18-8-6-9-23(20(18)3)26-13-11-25(12-14-26)17-24(28)22-16-19(2)27(21(22)4)10-7-15-29-5/h6,8-9,16H,7,10-15,17H2,1-5H3. The number of benzene rings is 1.